The minimum Gasteiger partial charge on any atom is -0.493 e. The van der Waals surface area contributed by atoms with E-state index in [0.29, 0.717) is 17.6 Å². The molecule has 25 heavy (non-hydrogen) atoms. The Kier molecular flexibility index (Phi) is 5.91. The summed E-state index contributed by atoms with van der Waals surface area (Å²) in [5.74, 6) is 0.00286. The summed E-state index contributed by atoms with van der Waals surface area (Å²) in [5, 5.41) is 13.4. The van der Waals surface area contributed by atoms with E-state index in [4.69, 9.17) is 21.1 Å². The molecule has 0 atom stereocenters. The number of aldehydes is 1. The minimum atomic E-state index is -0.595. The first-order valence-electron chi connectivity index (χ1n) is 6.94. The van der Waals surface area contributed by atoms with E-state index in [1.165, 1.54) is 37.4 Å². The molecule has 0 unspecified atom stereocenters. The molecule has 1 amide bonds. The number of carbonyl (C=O) groups excluding carboxylic acids is 2. The van der Waals surface area contributed by atoms with E-state index in [0.717, 1.165) is 6.07 Å². The number of hydrogen-bond acceptors (Lipinski definition) is 6. The van der Waals surface area contributed by atoms with Gasteiger partial charge in [0.15, 0.2) is 18.1 Å². The Balaban J connectivity index is 2.05. The quantitative estimate of drug-likeness (QED) is 0.459. The highest BCUT2D eigenvalue weighted by Gasteiger charge is 2.13. The molecule has 2 aromatic rings. The first kappa shape index (κ1) is 18.2. The molecule has 2 rings (SSSR count). The van der Waals surface area contributed by atoms with Crippen molar-refractivity contribution in [3.8, 4) is 11.5 Å². The fraction of sp³-hybridized carbons (Fsp3) is 0.125. The summed E-state index contributed by atoms with van der Waals surface area (Å²) in [7, 11) is 1.40. The number of halogens is 1. The van der Waals surface area contributed by atoms with Crippen molar-refractivity contribution in [3.05, 3.63) is 57.1 Å². The Morgan fingerprint density at radius 2 is 2.04 bits per heavy atom. The molecule has 0 aliphatic rings. The third-order valence-electron chi connectivity index (χ3n) is 3.12. The number of ether oxygens (including phenoxy) is 2. The monoisotopic (exact) mass is 364 g/mol. The average molecular weight is 365 g/mol. The topological polar surface area (TPSA) is 108 Å². The standard InChI is InChI=1S/C16H13ClN2O6/c1-24-15-6-10(8-20)2-5-14(15)25-9-16(21)18-13-7-11(19(22)23)3-4-12(13)17/h2-8H,9H2,1H3,(H,18,21). The highest BCUT2D eigenvalue weighted by atomic mass is 35.5. The van der Waals surface area contributed by atoms with Crippen LogP contribution in [0.25, 0.3) is 0 Å². The van der Waals surface area contributed by atoms with Crippen molar-refractivity contribution in [2.75, 3.05) is 19.0 Å². The molecule has 0 spiro atoms. The highest BCUT2D eigenvalue weighted by Crippen LogP contribution is 2.28. The van der Waals surface area contributed by atoms with Crippen LogP contribution in [0.15, 0.2) is 36.4 Å². The van der Waals surface area contributed by atoms with Gasteiger partial charge in [0, 0.05) is 17.7 Å². The van der Waals surface area contributed by atoms with Gasteiger partial charge in [0.1, 0.15) is 6.29 Å². The van der Waals surface area contributed by atoms with E-state index in [1.807, 2.05) is 0 Å². The average Bonchev–Trinajstić information content (AvgIpc) is 2.61. The Hall–Kier alpha value is -3.13. The number of nitro groups is 1. The van der Waals surface area contributed by atoms with Gasteiger partial charge in [-0.2, -0.15) is 0 Å². The Labute approximate surface area is 147 Å². The van der Waals surface area contributed by atoms with Gasteiger partial charge in [-0.25, -0.2) is 0 Å². The predicted octanol–water partition coefficient (Wildman–Crippen LogP) is 3.09. The number of non-ortho nitro benzene ring substituents is 1. The van der Waals surface area contributed by atoms with E-state index in [1.54, 1.807) is 0 Å². The second kappa shape index (κ2) is 8.11. The van der Waals surface area contributed by atoms with Gasteiger partial charge in [-0.15, -0.1) is 0 Å². The number of anilines is 1. The molecule has 130 valence electrons. The molecule has 1 N–H and O–H groups in total. The van der Waals surface area contributed by atoms with Crippen LogP contribution in [0.3, 0.4) is 0 Å². The molecule has 0 radical (unpaired) electrons. The van der Waals surface area contributed by atoms with Crippen molar-refractivity contribution in [1.29, 1.82) is 0 Å². The lowest BCUT2D eigenvalue weighted by Gasteiger charge is -2.11. The highest BCUT2D eigenvalue weighted by molar-refractivity contribution is 6.33. The summed E-state index contributed by atoms with van der Waals surface area (Å²) >= 11 is 5.91. The van der Waals surface area contributed by atoms with Crippen LogP contribution in [0.5, 0.6) is 11.5 Å². The predicted molar refractivity (Wildman–Crippen MR) is 90.6 cm³/mol. The lowest BCUT2D eigenvalue weighted by atomic mass is 10.2. The number of benzene rings is 2. The molecule has 0 saturated heterocycles. The minimum absolute atomic E-state index is 0.104. The number of methoxy groups -OCH3 is 1. The van der Waals surface area contributed by atoms with Gasteiger partial charge in [-0.05, 0) is 24.3 Å². The number of amides is 1. The Morgan fingerprint density at radius 3 is 2.68 bits per heavy atom. The van der Waals surface area contributed by atoms with Crippen molar-refractivity contribution in [1.82, 2.24) is 0 Å². The molecule has 0 saturated carbocycles. The van der Waals surface area contributed by atoms with E-state index in [9.17, 15) is 19.7 Å². The van der Waals surface area contributed by atoms with Gasteiger partial charge in [0.25, 0.3) is 11.6 Å². The summed E-state index contributed by atoms with van der Waals surface area (Å²) in [4.78, 5) is 32.9. The van der Waals surface area contributed by atoms with E-state index >= 15 is 0 Å². The number of carbonyl (C=O) groups is 2. The molecular formula is C16H13ClN2O6. The van der Waals surface area contributed by atoms with Crippen molar-refractivity contribution < 1.29 is 24.0 Å². The molecule has 0 aromatic heterocycles. The fourth-order valence-corrected chi connectivity index (χ4v) is 2.09. The van der Waals surface area contributed by atoms with Crippen LogP contribution >= 0.6 is 11.6 Å². The van der Waals surface area contributed by atoms with Gasteiger partial charge in [-0.3, -0.25) is 19.7 Å². The largest absolute Gasteiger partial charge is 0.493 e. The summed E-state index contributed by atoms with van der Waals surface area (Å²) in [6.07, 6.45) is 0.656. The maximum Gasteiger partial charge on any atom is 0.271 e. The van der Waals surface area contributed by atoms with E-state index in [-0.39, 0.29) is 28.8 Å². The second-order valence-electron chi connectivity index (χ2n) is 4.79. The number of nitrogens with zero attached hydrogens (tertiary/aromatic N) is 1. The lowest BCUT2D eigenvalue weighted by molar-refractivity contribution is -0.384. The van der Waals surface area contributed by atoms with Gasteiger partial charge >= 0.3 is 0 Å². The van der Waals surface area contributed by atoms with Crippen LogP contribution in [-0.4, -0.2) is 30.8 Å². The molecule has 0 aliphatic heterocycles. The van der Waals surface area contributed by atoms with Crippen LogP contribution in [0, 0.1) is 10.1 Å². The maximum absolute atomic E-state index is 12.0. The zero-order valence-corrected chi connectivity index (χ0v) is 13.8. The third-order valence-corrected chi connectivity index (χ3v) is 3.45. The van der Waals surface area contributed by atoms with Crippen molar-refractivity contribution in [2.45, 2.75) is 0 Å². The van der Waals surface area contributed by atoms with Crippen LogP contribution in [0.1, 0.15) is 10.4 Å². The second-order valence-corrected chi connectivity index (χ2v) is 5.19. The van der Waals surface area contributed by atoms with Crippen LogP contribution in [0.4, 0.5) is 11.4 Å². The molecule has 9 heteroatoms. The molecular weight excluding hydrogens is 352 g/mol. The fourth-order valence-electron chi connectivity index (χ4n) is 1.93. The van der Waals surface area contributed by atoms with Crippen LogP contribution in [0.2, 0.25) is 5.02 Å². The Morgan fingerprint density at radius 1 is 1.28 bits per heavy atom. The SMILES string of the molecule is COc1cc(C=O)ccc1OCC(=O)Nc1cc([N+](=O)[O-])ccc1Cl. The van der Waals surface area contributed by atoms with Crippen molar-refractivity contribution in [3.63, 3.8) is 0 Å². The van der Waals surface area contributed by atoms with Gasteiger partial charge in [0.05, 0.1) is 22.7 Å². The van der Waals surface area contributed by atoms with Crippen molar-refractivity contribution in [2.24, 2.45) is 0 Å². The number of hydrogen-bond donors (Lipinski definition) is 1. The molecule has 0 fully saturated rings. The summed E-state index contributed by atoms with van der Waals surface area (Å²) in [6, 6.07) is 8.18. The van der Waals surface area contributed by atoms with Gasteiger partial charge < -0.3 is 14.8 Å². The van der Waals surface area contributed by atoms with Crippen molar-refractivity contribution >= 4 is 35.2 Å². The normalized spacial score (nSPS) is 10.0. The van der Waals surface area contributed by atoms with Crippen LogP contribution < -0.4 is 14.8 Å². The molecule has 0 heterocycles. The summed E-state index contributed by atoms with van der Waals surface area (Å²) in [6.45, 7) is -0.379. The van der Waals surface area contributed by atoms with Crippen LogP contribution in [-0.2, 0) is 4.79 Å². The van der Waals surface area contributed by atoms with E-state index in [2.05, 4.69) is 5.32 Å². The zero-order valence-electron chi connectivity index (χ0n) is 13.0. The zero-order chi connectivity index (χ0) is 18.4. The summed E-state index contributed by atoms with van der Waals surface area (Å²) < 4.78 is 10.4. The number of nitrogens with one attached hydrogen (secondary N) is 1. The lowest BCUT2D eigenvalue weighted by Crippen LogP contribution is -2.20. The number of rotatable bonds is 7. The Bertz CT molecular complexity index is 824. The van der Waals surface area contributed by atoms with Gasteiger partial charge in [-0.1, -0.05) is 11.6 Å². The molecule has 0 aliphatic carbocycles. The molecule has 8 nitrogen and oxygen atoms in total. The summed E-state index contributed by atoms with van der Waals surface area (Å²) in [5.41, 5.74) is 0.302. The molecule has 2 aromatic carbocycles. The van der Waals surface area contributed by atoms with E-state index < -0.39 is 10.8 Å². The molecule has 0 bridgehead atoms. The maximum atomic E-state index is 12.0. The number of nitro benzene ring substituents is 1. The third kappa shape index (κ3) is 4.67. The van der Waals surface area contributed by atoms with Gasteiger partial charge in [0.2, 0.25) is 0 Å². The first-order chi connectivity index (χ1) is 11.9. The smallest absolute Gasteiger partial charge is 0.271 e. The first-order valence-corrected chi connectivity index (χ1v) is 7.32.